The highest BCUT2D eigenvalue weighted by Crippen LogP contribution is 2.54. The van der Waals surface area contributed by atoms with Crippen molar-refractivity contribution >= 4 is 59.3 Å². The van der Waals surface area contributed by atoms with E-state index in [1.165, 1.54) is 64.6 Å². The summed E-state index contributed by atoms with van der Waals surface area (Å²) in [5.41, 5.74) is 8.96. The van der Waals surface area contributed by atoms with E-state index in [9.17, 15) is 0 Å². The van der Waals surface area contributed by atoms with Gasteiger partial charge in [-0.05, 0) is 69.9 Å². The summed E-state index contributed by atoms with van der Waals surface area (Å²) in [6, 6.07) is 46.8. The number of anilines is 3. The number of para-hydroxylation sites is 1. The fourth-order valence-electron chi connectivity index (χ4n) is 6.61. The van der Waals surface area contributed by atoms with Gasteiger partial charge in [-0.3, -0.25) is 0 Å². The van der Waals surface area contributed by atoms with Crippen LogP contribution >= 0.6 is 11.3 Å². The minimum absolute atomic E-state index is 0.0424. The Bertz CT molecular complexity index is 2050. The molecular weight excluding hydrogens is 490 g/mol. The molecule has 1 aliphatic carbocycles. The Morgan fingerprint density at radius 2 is 1.33 bits per heavy atom. The summed E-state index contributed by atoms with van der Waals surface area (Å²) in [5.74, 6) is 0. The molecule has 0 atom stereocenters. The van der Waals surface area contributed by atoms with Crippen molar-refractivity contribution in [2.45, 2.75) is 19.3 Å². The number of nitrogens with zero attached hydrogens (tertiary/aromatic N) is 1. The fourth-order valence-corrected chi connectivity index (χ4v) is 7.73. The zero-order valence-corrected chi connectivity index (χ0v) is 22.8. The first-order valence-electron chi connectivity index (χ1n) is 13.5. The molecule has 0 saturated heterocycles. The van der Waals surface area contributed by atoms with Crippen molar-refractivity contribution in [3.05, 3.63) is 139 Å². The Morgan fingerprint density at radius 3 is 2.23 bits per heavy atom. The van der Waals surface area contributed by atoms with Crippen molar-refractivity contribution in [1.82, 2.24) is 0 Å². The summed E-state index contributed by atoms with van der Waals surface area (Å²) in [5, 5.41) is 5.28. The molecule has 0 spiro atoms. The molecule has 1 aromatic heterocycles. The van der Waals surface area contributed by atoms with Crippen LogP contribution in [-0.2, 0) is 5.41 Å². The van der Waals surface area contributed by atoms with Crippen molar-refractivity contribution in [3.63, 3.8) is 0 Å². The van der Waals surface area contributed by atoms with E-state index in [4.69, 9.17) is 0 Å². The summed E-state index contributed by atoms with van der Waals surface area (Å²) in [6.07, 6.45) is 0. The van der Waals surface area contributed by atoms with Crippen LogP contribution in [0.15, 0.2) is 127 Å². The van der Waals surface area contributed by atoms with Crippen LogP contribution in [0, 0.1) is 0 Å². The molecule has 39 heavy (non-hydrogen) atoms. The molecule has 2 heteroatoms. The fraction of sp³-hybridized carbons (Fsp3) is 0.0811. The number of hydrogen-bond donors (Lipinski definition) is 0. The molecule has 0 aliphatic heterocycles. The average molecular weight is 518 g/mol. The summed E-state index contributed by atoms with van der Waals surface area (Å²) >= 11 is 1.88. The van der Waals surface area contributed by atoms with E-state index in [0.29, 0.717) is 0 Å². The van der Waals surface area contributed by atoms with E-state index in [1.54, 1.807) is 0 Å². The molecule has 0 N–H and O–H groups in total. The Balaban J connectivity index is 1.40. The maximum atomic E-state index is 2.44. The van der Waals surface area contributed by atoms with Crippen LogP contribution in [0.3, 0.4) is 0 Å². The number of thiophene rings is 1. The van der Waals surface area contributed by atoms with Crippen LogP contribution in [0.4, 0.5) is 17.1 Å². The molecule has 0 unspecified atom stereocenters. The van der Waals surface area contributed by atoms with Crippen molar-refractivity contribution in [3.8, 4) is 11.1 Å². The third-order valence-corrected chi connectivity index (χ3v) is 9.58. The van der Waals surface area contributed by atoms with Gasteiger partial charge >= 0.3 is 0 Å². The first kappa shape index (κ1) is 22.6. The van der Waals surface area contributed by atoms with E-state index in [0.717, 1.165) is 5.69 Å². The van der Waals surface area contributed by atoms with Gasteiger partial charge in [0.05, 0.1) is 5.69 Å². The van der Waals surface area contributed by atoms with Crippen LogP contribution in [0.1, 0.15) is 25.0 Å². The lowest BCUT2D eigenvalue weighted by molar-refractivity contribution is 0.660. The minimum atomic E-state index is -0.0424. The van der Waals surface area contributed by atoms with E-state index in [2.05, 4.69) is 146 Å². The monoisotopic (exact) mass is 517 g/mol. The van der Waals surface area contributed by atoms with Gasteiger partial charge in [0.2, 0.25) is 0 Å². The molecule has 1 aliphatic rings. The van der Waals surface area contributed by atoms with E-state index in [-0.39, 0.29) is 5.41 Å². The van der Waals surface area contributed by atoms with Crippen LogP contribution in [0.5, 0.6) is 0 Å². The third kappa shape index (κ3) is 3.25. The van der Waals surface area contributed by atoms with Gasteiger partial charge in [0.1, 0.15) is 0 Å². The first-order chi connectivity index (χ1) is 19.1. The summed E-state index contributed by atoms with van der Waals surface area (Å²) in [6.45, 7) is 4.70. The largest absolute Gasteiger partial charge is 0.310 e. The average Bonchev–Trinajstić information content (AvgIpc) is 3.47. The number of benzene rings is 6. The second-order valence-corrected chi connectivity index (χ2v) is 12.1. The second kappa shape index (κ2) is 8.30. The van der Waals surface area contributed by atoms with Crippen LogP contribution in [-0.4, -0.2) is 0 Å². The Hall–Kier alpha value is -4.40. The Labute approximate surface area is 232 Å². The molecule has 1 heterocycles. The van der Waals surface area contributed by atoms with Crippen LogP contribution in [0.2, 0.25) is 0 Å². The maximum Gasteiger partial charge on any atom is 0.0543 e. The van der Waals surface area contributed by atoms with Gasteiger partial charge in [-0.15, -0.1) is 11.3 Å². The lowest BCUT2D eigenvalue weighted by Crippen LogP contribution is -2.16. The van der Waals surface area contributed by atoms with Gasteiger partial charge in [0.15, 0.2) is 0 Å². The Kier molecular flexibility index (Phi) is 4.80. The van der Waals surface area contributed by atoms with Gasteiger partial charge < -0.3 is 4.90 Å². The predicted molar refractivity (Wildman–Crippen MR) is 169 cm³/mol. The number of hydrogen-bond acceptors (Lipinski definition) is 2. The van der Waals surface area contributed by atoms with Crippen molar-refractivity contribution < 1.29 is 0 Å². The van der Waals surface area contributed by atoms with Gasteiger partial charge in [-0.25, -0.2) is 0 Å². The number of fused-ring (bicyclic) bond motifs is 8. The van der Waals surface area contributed by atoms with E-state index in [1.807, 2.05) is 11.3 Å². The summed E-state index contributed by atoms with van der Waals surface area (Å²) < 4.78 is 2.69. The SMILES string of the molecule is CC1(C)c2ccccc2-c2c(N(c3ccccc3)c3ccc4c(ccc5sc6ccccc6c54)c3)cccc21. The molecular formula is C37H27NS. The molecule has 7 aromatic rings. The topological polar surface area (TPSA) is 3.24 Å². The highest BCUT2D eigenvalue weighted by Gasteiger charge is 2.37. The Morgan fingerprint density at radius 1 is 0.564 bits per heavy atom. The number of rotatable bonds is 3. The standard InChI is InChI=1S/C37H27NS/c1-37(2)30-15-8-6-13-28(30)36-31(37)16-10-17-32(36)38(25-11-4-3-5-12-25)26-20-21-27-24(23-26)19-22-34-35(27)29-14-7-9-18-33(29)39-34/h3-23H,1-2H3. The minimum Gasteiger partial charge on any atom is -0.310 e. The zero-order chi connectivity index (χ0) is 26.1. The highest BCUT2D eigenvalue weighted by atomic mass is 32.1. The van der Waals surface area contributed by atoms with Gasteiger partial charge in [-0.1, -0.05) is 98.8 Å². The molecule has 0 radical (unpaired) electrons. The highest BCUT2D eigenvalue weighted by molar-refractivity contribution is 7.26. The van der Waals surface area contributed by atoms with E-state index < -0.39 is 0 Å². The van der Waals surface area contributed by atoms with Crippen molar-refractivity contribution in [2.75, 3.05) is 4.90 Å². The smallest absolute Gasteiger partial charge is 0.0543 e. The zero-order valence-electron chi connectivity index (χ0n) is 22.0. The van der Waals surface area contributed by atoms with E-state index >= 15 is 0 Å². The van der Waals surface area contributed by atoms with Crippen molar-refractivity contribution in [2.24, 2.45) is 0 Å². The maximum absolute atomic E-state index is 2.44. The molecule has 0 bridgehead atoms. The van der Waals surface area contributed by atoms with Crippen LogP contribution in [0.25, 0.3) is 42.1 Å². The first-order valence-corrected chi connectivity index (χ1v) is 14.4. The lowest BCUT2D eigenvalue weighted by Gasteiger charge is -2.29. The van der Waals surface area contributed by atoms with Gasteiger partial charge in [-0.2, -0.15) is 0 Å². The predicted octanol–water partition coefficient (Wildman–Crippen LogP) is 11.0. The normalized spacial score (nSPS) is 13.6. The summed E-state index contributed by atoms with van der Waals surface area (Å²) in [4.78, 5) is 2.44. The molecule has 186 valence electrons. The molecule has 1 nitrogen and oxygen atoms in total. The molecule has 0 fully saturated rings. The third-order valence-electron chi connectivity index (χ3n) is 8.44. The molecule has 8 rings (SSSR count). The van der Waals surface area contributed by atoms with Gasteiger partial charge in [0, 0.05) is 42.5 Å². The molecule has 0 saturated carbocycles. The van der Waals surface area contributed by atoms with Gasteiger partial charge in [0.25, 0.3) is 0 Å². The molecule has 0 amide bonds. The lowest BCUT2D eigenvalue weighted by atomic mass is 9.82. The summed E-state index contributed by atoms with van der Waals surface area (Å²) in [7, 11) is 0. The van der Waals surface area contributed by atoms with Crippen LogP contribution < -0.4 is 4.90 Å². The quantitative estimate of drug-likeness (QED) is 0.225. The second-order valence-electron chi connectivity index (χ2n) is 11.0. The van der Waals surface area contributed by atoms with Crippen molar-refractivity contribution in [1.29, 1.82) is 0 Å². The molecule has 6 aromatic carbocycles.